The highest BCUT2D eigenvalue weighted by Crippen LogP contribution is 2.34. The molecule has 1 atom stereocenters. The third-order valence-corrected chi connectivity index (χ3v) is 4.26. The van der Waals surface area contributed by atoms with E-state index in [2.05, 4.69) is 45.2 Å². The zero-order valence-corrected chi connectivity index (χ0v) is 12.1. The molecule has 0 bridgehead atoms. The van der Waals surface area contributed by atoms with E-state index in [1.807, 2.05) is 12.1 Å². The van der Waals surface area contributed by atoms with Crippen molar-refractivity contribution >= 4 is 27.7 Å². The fourth-order valence-corrected chi connectivity index (χ4v) is 3.16. The van der Waals surface area contributed by atoms with Crippen LogP contribution in [0.25, 0.3) is 0 Å². The number of halogens is 1. The van der Waals surface area contributed by atoms with Gasteiger partial charge in [-0.1, -0.05) is 34.1 Å². The smallest absolute Gasteiger partial charge is 0.226 e. The maximum atomic E-state index is 5.35. The number of nitrogens with zero attached hydrogens (tertiary/aromatic N) is 2. The van der Waals surface area contributed by atoms with Crippen LogP contribution >= 0.6 is 27.7 Å². The van der Waals surface area contributed by atoms with Crippen LogP contribution in [-0.4, -0.2) is 10.2 Å². The maximum absolute atomic E-state index is 5.35. The number of thioether (sulfide) groups is 1. The summed E-state index contributed by atoms with van der Waals surface area (Å²) in [5, 5.41) is 8.19. The number of hydrogen-bond donors (Lipinski definition) is 0. The fraction of sp³-hybridized carbons (Fsp3) is 0.333. The standard InChI is InChI=1S/C12H13BrN2OS/c1-8(10-5-3-4-6-11(10)13)17-7-12-15-14-9(2)16-12/h3-6,8H,7H2,1-2H3. The van der Waals surface area contributed by atoms with Crippen molar-refractivity contribution in [2.75, 3.05) is 0 Å². The summed E-state index contributed by atoms with van der Waals surface area (Å²) >= 11 is 5.35. The van der Waals surface area contributed by atoms with Gasteiger partial charge in [0.1, 0.15) is 0 Å². The number of rotatable bonds is 4. The molecule has 1 aromatic heterocycles. The molecule has 0 N–H and O–H groups in total. The van der Waals surface area contributed by atoms with Crippen molar-refractivity contribution in [3.05, 3.63) is 46.1 Å². The Morgan fingerprint density at radius 1 is 1.35 bits per heavy atom. The Hall–Kier alpha value is -0.810. The summed E-state index contributed by atoms with van der Waals surface area (Å²) in [6, 6.07) is 8.25. The van der Waals surface area contributed by atoms with Gasteiger partial charge >= 0.3 is 0 Å². The average molecular weight is 313 g/mol. The minimum Gasteiger partial charge on any atom is -0.425 e. The Balaban J connectivity index is 1.98. The summed E-state index contributed by atoms with van der Waals surface area (Å²) in [5.41, 5.74) is 1.29. The Morgan fingerprint density at radius 2 is 2.12 bits per heavy atom. The van der Waals surface area contributed by atoms with Gasteiger partial charge in [0, 0.05) is 16.6 Å². The highest BCUT2D eigenvalue weighted by Gasteiger charge is 2.11. The number of benzene rings is 1. The van der Waals surface area contributed by atoms with Crippen molar-refractivity contribution in [3.63, 3.8) is 0 Å². The lowest BCUT2D eigenvalue weighted by Crippen LogP contribution is -1.91. The molecule has 0 spiro atoms. The van der Waals surface area contributed by atoms with E-state index in [1.54, 1.807) is 18.7 Å². The number of aromatic nitrogens is 2. The lowest BCUT2D eigenvalue weighted by atomic mass is 10.2. The topological polar surface area (TPSA) is 38.9 Å². The second-order valence-electron chi connectivity index (χ2n) is 3.69. The van der Waals surface area contributed by atoms with Crippen molar-refractivity contribution in [1.29, 1.82) is 0 Å². The van der Waals surface area contributed by atoms with Crippen LogP contribution in [0.4, 0.5) is 0 Å². The summed E-state index contributed by atoms with van der Waals surface area (Å²) in [5.74, 6) is 2.05. The Morgan fingerprint density at radius 3 is 2.76 bits per heavy atom. The number of aryl methyl sites for hydroxylation is 1. The van der Waals surface area contributed by atoms with Crippen molar-refractivity contribution < 1.29 is 4.42 Å². The summed E-state index contributed by atoms with van der Waals surface area (Å²) in [6.07, 6.45) is 0. The molecule has 2 rings (SSSR count). The van der Waals surface area contributed by atoms with E-state index in [0.717, 1.165) is 10.2 Å². The first-order chi connectivity index (χ1) is 8.16. The highest BCUT2D eigenvalue weighted by molar-refractivity contribution is 9.10. The molecule has 2 aromatic rings. The first-order valence-corrected chi connectivity index (χ1v) is 7.16. The summed E-state index contributed by atoms with van der Waals surface area (Å²) in [4.78, 5) is 0. The first-order valence-electron chi connectivity index (χ1n) is 5.32. The molecule has 0 fully saturated rings. The monoisotopic (exact) mass is 312 g/mol. The van der Waals surface area contributed by atoms with Gasteiger partial charge in [-0.05, 0) is 18.6 Å². The van der Waals surface area contributed by atoms with Crippen molar-refractivity contribution in [3.8, 4) is 0 Å². The Bertz CT molecular complexity index is 501. The predicted molar refractivity (Wildman–Crippen MR) is 72.9 cm³/mol. The normalized spacial score (nSPS) is 12.6. The van der Waals surface area contributed by atoms with Crippen LogP contribution in [0.3, 0.4) is 0 Å². The molecule has 17 heavy (non-hydrogen) atoms. The second-order valence-corrected chi connectivity index (χ2v) is 5.87. The molecule has 1 heterocycles. The van der Waals surface area contributed by atoms with Crippen LogP contribution < -0.4 is 0 Å². The quantitative estimate of drug-likeness (QED) is 0.850. The van der Waals surface area contributed by atoms with Crippen LogP contribution in [0.15, 0.2) is 33.2 Å². The van der Waals surface area contributed by atoms with E-state index in [9.17, 15) is 0 Å². The van der Waals surface area contributed by atoms with Gasteiger partial charge in [-0.25, -0.2) is 0 Å². The predicted octanol–water partition coefficient (Wildman–Crippen LogP) is 4.13. The molecule has 0 aliphatic rings. The van der Waals surface area contributed by atoms with E-state index in [-0.39, 0.29) is 0 Å². The van der Waals surface area contributed by atoms with E-state index < -0.39 is 0 Å². The molecule has 3 nitrogen and oxygen atoms in total. The van der Waals surface area contributed by atoms with Gasteiger partial charge < -0.3 is 4.42 Å². The molecule has 5 heteroatoms. The molecule has 0 saturated heterocycles. The zero-order chi connectivity index (χ0) is 12.3. The van der Waals surface area contributed by atoms with Crippen LogP contribution in [0, 0.1) is 6.92 Å². The largest absolute Gasteiger partial charge is 0.425 e. The Labute approximate surface area is 113 Å². The first kappa shape index (κ1) is 12.6. The summed E-state index contributed by atoms with van der Waals surface area (Å²) in [7, 11) is 0. The molecular weight excluding hydrogens is 300 g/mol. The number of hydrogen-bond acceptors (Lipinski definition) is 4. The fourth-order valence-electron chi connectivity index (χ4n) is 1.49. The van der Waals surface area contributed by atoms with Crippen LogP contribution in [-0.2, 0) is 5.75 Å². The van der Waals surface area contributed by atoms with Gasteiger partial charge in [0.05, 0.1) is 5.75 Å². The van der Waals surface area contributed by atoms with Crippen molar-refractivity contribution in [2.45, 2.75) is 24.9 Å². The van der Waals surface area contributed by atoms with E-state index in [4.69, 9.17) is 4.42 Å². The van der Waals surface area contributed by atoms with Gasteiger partial charge in [0.25, 0.3) is 0 Å². The summed E-state index contributed by atoms with van der Waals surface area (Å²) in [6.45, 7) is 3.98. The van der Waals surface area contributed by atoms with Crippen LogP contribution in [0.1, 0.15) is 29.5 Å². The third-order valence-electron chi connectivity index (χ3n) is 2.37. The van der Waals surface area contributed by atoms with Crippen LogP contribution in [0.2, 0.25) is 0 Å². The SMILES string of the molecule is Cc1nnc(CSC(C)c2ccccc2Br)o1. The van der Waals surface area contributed by atoms with Crippen molar-refractivity contribution in [2.24, 2.45) is 0 Å². The molecule has 0 aliphatic heterocycles. The molecule has 90 valence electrons. The highest BCUT2D eigenvalue weighted by atomic mass is 79.9. The van der Waals surface area contributed by atoms with Gasteiger partial charge in [0.15, 0.2) is 0 Å². The van der Waals surface area contributed by atoms with Gasteiger partial charge in [-0.15, -0.1) is 22.0 Å². The zero-order valence-electron chi connectivity index (χ0n) is 9.68. The van der Waals surface area contributed by atoms with E-state index >= 15 is 0 Å². The molecule has 0 radical (unpaired) electrons. The second kappa shape index (κ2) is 5.69. The minimum atomic E-state index is 0.387. The lowest BCUT2D eigenvalue weighted by Gasteiger charge is -2.11. The van der Waals surface area contributed by atoms with Gasteiger partial charge in [-0.3, -0.25) is 0 Å². The molecule has 0 saturated carbocycles. The Kier molecular flexibility index (Phi) is 4.23. The van der Waals surface area contributed by atoms with E-state index in [0.29, 0.717) is 17.0 Å². The average Bonchev–Trinajstić information content (AvgIpc) is 2.73. The molecular formula is C12H13BrN2OS. The lowest BCUT2D eigenvalue weighted by molar-refractivity contribution is 0.485. The molecule has 1 aromatic carbocycles. The van der Waals surface area contributed by atoms with Gasteiger partial charge in [0.2, 0.25) is 11.8 Å². The van der Waals surface area contributed by atoms with Gasteiger partial charge in [-0.2, -0.15) is 0 Å². The third kappa shape index (κ3) is 3.33. The van der Waals surface area contributed by atoms with Crippen LogP contribution in [0.5, 0.6) is 0 Å². The summed E-state index contributed by atoms with van der Waals surface area (Å²) < 4.78 is 6.49. The molecule has 0 aliphatic carbocycles. The maximum Gasteiger partial charge on any atom is 0.226 e. The minimum absolute atomic E-state index is 0.387. The van der Waals surface area contributed by atoms with E-state index in [1.165, 1.54) is 5.56 Å². The molecule has 0 amide bonds. The van der Waals surface area contributed by atoms with Crippen molar-refractivity contribution in [1.82, 2.24) is 10.2 Å². The molecule has 1 unspecified atom stereocenters.